The normalized spacial score (nSPS) is 12.0. The Morgan fingerprint density at radius 3 is 2.72 bits per heavy atom. The van der Waals surface area contributed by atoms with Gasteiger partial charge >= 0.3 is 0 Å². The average Bonchev–Trinajstić information content (AvgIpc) is 3.03. The van der Waals surface area contributed by atoms with E-state index in [2.05, 4.69) is 15.5 Å². The largest absolute Gasteiger partial charge is 0.349 e. The van der Waals surface area contributed by atoms with Crippen molar-refractivity contribution >= 4 is 17.5 Å². The number of halogens is 2. The Hall–Kier alpha value is -2.73. The fourth-order valence-corrected chi connectivity index (χ4v) is 2.73. The van der Waals surface area contributed by atoms with Gasteiger partial charge in [0.15, 0.2) is 0 Å². The van der Waals surface area contributed by atoms with Crippen molar-refractivity contribution in [2.24, 2.45) is 0 Å². The molecular formula is C18H15ClFN3O2. The van der Waals surface area contributed by atoms with Crippen LogP contribution >= 0.6 is 11.6 Å². The number of carbonyl (C=O) groups is 1. The summed E-state index contributed by atoms with van der Waals surface area (Å²) >= 11 is 6.03. The molecule has 1 aromatic heterocycles. The zero-order valence-corrected chi connectivity index (χ0v) is 14.1. The molecule has 0 aliphatic carbocycles. The molecule has 128 valence electrons. The highest BCUT2D eigenvalue weighted by atomic mass is 35.5. The van der Waals surface area contributed by atoms with Crippen molar-refractivity contribution in [3.8, 4) is 11.4 Å². The summed E-state index contributed by atoms with van der Waals surface area (Å²) in [6.07, 6.45) is 0.329. The molecule has 0 aliphatic heterocycles. The Labute approximate surface area is 148 Å². The zero-order valence-electron chi connectivity index (χ0n) is 13.4. The van der Waals surface area contributed by atoms with Crippen molar-refractivity contribution in [2.75, 3.05) is 0 Å². The van der Waals surface area contributed by atoms with Gasteiger partial charge in [-0.25, -0.2) is 4.39 Å². The van der Waals surface area contributed by atoms with Crippen LogP contribution < -0.4 is 5.32 Å². The lowest BCUT2D eigenvalue weighted by Gasteiger charge is -2.16. The number of rotatable bonds is 5. The molecule has 1 unspecified atom stereocenters. The molecule has 0 spiro atoms. The van der Waals surface area contributed by atoms with Crippen molar-refractivity contribution in [3.63, 3.8) is 0 Å². The lowest BCUT2D eigenvalue weighted by atomic mass is 10.0. The van der Waals surface area contributed by atoms with Gasteiger partial charge in [0.05, 0.1) is 17.5 Å². The monoisotopic (exact) mass is 359 g/mol. The molecule has 5 nitrogen and oxygen atoms in total. The van der Waals surface area contributed by atoms with Crippen LogP contribution in [0.1, 0.15) is 24.4 Å². The van der Waals surface area contributed by atoms with E-state index < -0.39 is 5.82 Å². The van der Waals surface area contributed by atoms with Crippen LogP contribution in [0.5, 0.6) is 0 Å². The molecule has 0 aliphatic rings. The van der Waals surface area contributed by atoms with Gasteiger partial charge in [-0.05, 0) is 23.8 Å². The highest BCUT2D eigenvalue weighted by Gasteiger charge is 2.19. The third kappa shape index (κ3) is 4.22. The van der Waals surface area contributed by atoms with Gasteiger partial charge in [0.1, 0.15) is 5.82 Å². The summed E-state index contributed by atoms with van der Waals surface area (Å²) in [6, 6.07) is 13.2. The third-order valence-electron chi connectivity index (χ3n) is 3.60. The van der Waals surface area contributed by atoms with E-state index in [1.54, 1.807) is 0 Å². The highest BCUT2D eigenvalue weighted by molar-refractivity contribution is 6.33. The minimum atomic E-state index is -0.438. The molecule has 0 saturated heterocycles. The van der Waals surface area contributed by atoms with Crippen LogP contribution in [0.3, 0.4) is 0 Å². The molecule has 1 heterocycles. The number of benzene rings is 2. The molecule has 2 aromatic carbocycles. The summed E-state index contributed by atoms with van der Waals surface area (Å²) in [7, 11) is 0. The van der Waals surface area contributed by atoms with Crippen LogP contribution in [-0.4, -0.2) is 16.0 Å². The van der Waals surface area contributed by atoms with Crippen molar-refractivity contribution in [1.29, 1.82) is 0 Å². The zero-order chi connectivity index (χ0) is 17.8. The number of nitrogens with one attached hydrogen (secondary N) is 1. The van der Waals surface area contributed by atoms with Gasteiger partial charge in [-0.15, -0.1) is 0 Å². The number of hydrogen-bond acceptors (Lipinski definition) is 4. The maximum Gasteiger partial charge on any atom is 0.229 e. The van der Waals surface area contributed by atoms with Gasteiger partial charge in [0, 0.05) is 12.5 Å². The second-order valence-corrected chi connectivity index (χ2v) is 5.91. The third-order valence-corrected chi connectivity index (χ3v) is 3.91. The minimum absolute atomic E-state index is 0.157. The van der Waals surface area contributed by atoms with Gasteiger partial charge in [-0.3, -0.25) is 4.79 Å². The molecule has 0 bridgehead atoms. The molecule has 3 aromatic rings. The van der Waals surface area contributed by atoms with E-state index in [1.807, 2.05) is 30.3 Å². The van der Waals surface area contributed by atoms with Gasteiger partial charge in [-0.2, -0.15) is 4.98 Å². The number of aromatic nitrogens is 2. The second-order valence-electron chi connectivity index (χ2n) is 5.50. The SMILES string of the molecule is CC(=O)NC(Cc1nc(-c2ccc(F)cc2Cl)no1)c1ccccc1. The van der Waals surface area contributed by atoms with Crippen LogP contribution in [0, 0.1) is 5.82 Å². The van der Waals surface area contributed by atoms with Crippen LogP contribution in [0.25, 0.3) is 11.4 Å². The van der Waals surface area contributed by atoms with Gasteiger partial charge in [0.2, 0.25) is 17.6 Å². The summed E-state index contributed by atoms with van der Waals surface area (Å²) in [6.45, 7) is 1.45. The summed E-state index contributed by atoms with van der Waals surface area (Å²) in [4.78, 5) is 15.8. The minimum Gasteiger partial charge on any atom is -0.349 e. The Morgan fingerprint density at radius 2 is 2.04 bits per heavy atom. The predicted octanol–water partition coefficient (Wildman–Crippen LogP) is 3.95. The Morgan fingerprint density at radius 1 is 1.28 bits per heavy atom. The van der Waals surface area contributed by atoms with Crippen molar-refractivity contribution in [2.45, 2.75) is 19.4 Å². The maximum atomic E-state index is 13.2. The molecule has 1 amide bonds. The summed E-state index contributed by atoms with van der Waals surface area (Å²) in [5.41, 5.74) is 1.41. The van der Waals surface area contributed by atoms with Crippen LogP contribution in [0.4, 0.5) is 4.39 Å². The molecule has 0 fully saturated rings. The molecule has 0 radical (unpaired) electrons. The summed E-state index contributed by atoms with van der Waals surface area (Å²) in [5, 5.41) is 6.97. The predicted molar refractivity (Wildman–Crippen MR) is 91.4 cm³/mol. The van der Waals surface area contributed by atoms with Gasteiger partial charge in [-0.1, -0.05) is 47.1 Å². The quantitative estimate of drug-likeness (QED) is 0.749. The maximum absolute atomic E-state index is 13.2. The highest BCUT2D eigenvalue weighted by Crippen LogP contribution is 2.27. The Balaban J connectivity index is 1.84. The molecule has 7 heteroatoms. The van der Waals surface area contributed by atoms with E-state index in [9.17, 15) is 9.18 Å². The number of carbonyl (C=O) groups excluding carboxylic acids is 1. The molecule has 25 heavy (non-hydrogen) atoms. The lowest BCUT2D eigenvalue weighted by molar-refractivity contribution is -0.119. The van der Waals surface area contributed by atoms with E-state index in [-0.39, 0.29) is 22.8 Å². The fraction of sp³-hybridized carbons (Fsp3) is 0.167. The first kappa shape index (κ1) is 17.1. The number of amides is 1. The summed E-state index contributed by atoms with van der Waals surface area (Å²) < 4.78 is 18.4. The van der Waals surface area contributed by atoms with Crippen molar-refractivity contribution in [1.82, 2.24) is 15.5 Å². The van der Waals surface area contributed by atoms with E-state index in [4.69, 9.17) is 16.1 Å². The van der Waals surface area contributed by atoms with Crippen molar-refractivity contribution < 1.29 is 13.7 Å². The standard InChI is InChI=1S/C18H15ClFN3O2/c1-11(24)21-16(12-5-3-2-4-6-12)10-17-22-18(23-25-17)14-8-7-13(20)9-15(14)19/h2-9,16H,10H2,1H3,(H,21,24). The first-order valence-corrected chi connectivity index (χ1v) is 8.01. The molecule has 1 atom stereocenters. The molecule has 3 rings (SSSR count). The molecule has 1 N–H and O–H groups in total. The van der Waals surface area contributed by atoms with E-state index in [1.165, 1.54) is 25.1 Å². The van der Waals surface area contributed by atoms with Crippen LogP contribution in [0.2, 0.25) is 5.02 Å². The first-order chi connectivity index (χ1) is 12.0. The van der Waals surface area contributed by atoms with E-state index in [0.29, 0.717) is 17.9 Å². The fourth-order valence-electron chi connectivity index (χ4n) is 2.48. The number of nitrogens with zero attached hydrogens (tertiary/aromatic N) is 2. The molecular weight excluding hydrogens is 345 g/mol. The number of hydrogen-bond donors (Lipinski definition) is 1. The van der Waals surface area contributed by atoms with Crippen molar-refractivity contribution in [3.05, 3.63) is 70.8 Å². The second kappa shape index (κ2) is 7.44. The topological polar surface area (TPSA) is 68.0 Å². The molecule has 0 saturated carbocycles. The van der Waals surface area contributed by atoms with E-state index >= 15 is 0 Å². The lowest BCUT2D eigenvalue weighted by Crippen LogP contribution is -2.27. The van der Waals surface area contributed by atoms with Gasteiger partial charge in [0.25, 0.3) is 0 Å². The Kier molecular flexibility index (Phi) is 5.09. The van der Waals surface area contributed by atoms with Gasteiger partial charge < -0.3 is 9.84 Å². The average molecular weight is 360 g/mol. The van der Waals surface area contributed by atoms with E-state index in [0.717, 1.165) is 5.56 Å². The Bertz CT molecular complexity index is 883. The van der Waals surface area contributed by atoms with Crippen LogP contribution in [0.15, 0.2) is 53.1 Å². The smallest absolute Gasteiger partial charge is 0.229 e. The summed E-state index contributed by atoms with van der Waals surface area (Å²) in [5.74, 6) is 0.0232. The first-order valence-electron chi connectivity index (χ1n) is 7.63. The van der Waals surface area contributed by atoms with Crippen LogP contribution in [-0.2, 0) is 11.2 Å².